The van der Waals surface area contributed by atoms with Crippen molar-refractivity contribution in [2.75, 3.05) is 0 Å². The van der Waals surface area contributed by atoms with Crippen LogP contribution in [-0.2, 0) is 11.3 Å². The first-order chi connectivity index (χ1) is 14.1. The van der Waals surface area contributed by atoms with Crippen molar-refractivity contribution in [1.82, 2.24) is 15.8 Å². The number of hydrogen-bond acceptors (Lipinski definition) is 4. The summed E-state index contributed by atoms with van der Waals surface area (Å²) in [5.41, 5.74) is 4.31. The molecule has 0 saturated carbocycles. The fourth-order valence-corrected chi connectivity index (χ4v) is 2.65. The average molecular weight is 391 g/mol. The summed E-state index contributed by atoms with van der Waals surface area (Å²) in [7, 11) is 0. The number of benzene rings is 2. The van der Waals surface area contributed by atoms with Gasteiger partial charge in [0.05, 0.1) is 0 Å². The summed E-state index contributed by atoms with van der Waals surface area (Å²) in [5, 5.41) is 11.5. The Morgan fingerprint density at radius 3 is 2.31 bits per heavy atom. The van der Waals surface area contributed by atoms with Crippen molar-refractivity contribution >= 4 is 23.5 Å². The standard InChI is InChI=1S/C22H18FN3O3/c23-19-9-7-17(8-10-19)20(12-16-2-1-11-24-13-16)22(28)25-14-15-3-5-18(6-4-15)21(27)26-29/h1-13,29H,14H2,(H,25,28)(H,26,27). The number of nitrogens with zero attached hydrogens (tertiary/aromatic N) is 1. The lowest BCUT2D eigenvalue weighted by molar-refractivity contribution is -0.115. The number of carbonyl (C=O) groups excluding carboxylic acids is 2. The molecule has 29 heavy (non-hydrogen) atoms. The van der Waals surface area contributed by atoms with Crippen molar-refractivity contribution in [2.24, 2.45) is 0 Å². The smallest absolute Gasteiger partial charge is 0.274 e. The minimum atomic E-state index is -0.612. The Morgan fingerprint density at radius 1 is 1.00 bits per heavy atom. The Kier molecular flexibility index (Phi) is 6.44. The van der Waals surface area contributed by atoms with Crippen LogP contribution in [0.4, 0.5) is 4.39 Å². The second kappa shape index (κ2) is 9.38. The fourth-order valence-electron chi connectivity index (χ4n) is 2.65. The lowest BCUT2D eigenvalue weighted by Gasteiger charge is -2.10. The van der Waals surface area contributed by atoms with Crippen molar-refractivity contribution in [1.29, 1.82) is 0 Å². The number of nitrogens with one attached hydrogen (secondary N) is 2. The monoisotopic (exact) mass is 391 g/mol. The lowest BCUT2D eigenvalue weighted by Crippen LogP contribution is -2.24. The molecule has 1 aromatic heterocycles. The predicted molar refractivity (Wildman–Crippen MR) is 106 cm³/mol. The Labute approximate surface area is 166 Å². The molecule has 146 valence electrons. The summed E-state index contributed by atoms with van der Waals surface area (Å²) >= 11 is 0. The zero-order chi connectivity index (χ0) is 20.6. The minimum Gasteiger partial charge on any atom is -0.348 e. The highest BCUT2D eigenvalue weighted by Crippen LogP contribution is 2.19. The van der Waals surface area contributed by atoms with E-state index in [4.69, 9.17) is 5.21 Å². The largest absolute Gasteiger partial charge is 0.348 e. The molecule has 0 saturated heterocycles. The maximum Gasteiger partial charge on any atom is 0.274 e. The first-order valence-corrected chi connectivity index (χ1v) is 8.76. The molecule has 2 aromatic carbocycles. The van der Waals surface area contributed by atoms with Crippen molar-refractivity contribution in [2.45, 2.75) is 6.54 Å². The highest BCUT2D eigenvalue weighted by Gasteiger charge is 2.13. The number of aromatic nitrogens is 1. The molecule has 0 bridgehead atoms. The van der Waals surface area contributed by atoms with Crippen molar-refractivity contribution in [3.05, 3.63) is 101 Å². The molecule has 3 rings (SSSR count). The van der Waals surface area contributed by atoms with Crippen LogP contribution in [0.3, 0.4) is 0 Å². The Morgan fingerprint density at radius 2 is 1.69 bits per heavy atom. The van der Waals surface area contributed by atoms with Gasteiger partial charge in [0.15, 0.2) is 0 Å². The zero-order valence-electron chi connectivity index (χ0n) is 15.3. The van der Waals surface area contributed by atoms with Crippen LogP contribution in [0.1, 0.15) is 27.0 Å². The van der Waals surface area contributed by atoms with E-state index in [1.807, 2.05) is 6.07 Å². The molecule has 0 aliphatic heterocycles. The first-order valence-electron chi connectivity index (χ1n) is 8.76. The SMILES string of the molecule is O=C(NCc1ccc(C(=O)NO)cc1)C(=Cc1cccnc1)c1ccc(F)cc1. The van der Waals surface area contributed by atoms with E-state index in [9.17, 15) is 14.0 Å². The molecule has 6 nitrogen and oxygen atoms in total. The number of carbonyl (C=O) groups is 2. The van der Waals surface area contributed by atoms with Crippen LogP contribution in [0.2, 0.25) is 0 Å². The quantitative estimate of drug-likeness (QED) is 0.342. The van der Waals surface area contributed by atoms with E-state index in [1.165, 1.54) is 12.1 Å². The van der Waals surface area contributed by atoms with Gasteiger partial charge in [-0.25, -0.2) is 9.87 Å². The third-order valence-electron chi connectivity index (χ3n) is 4.17. The van der Waals surface area contributed by atoms with Gasteiger partial charge in [-0.2, -0.15) is 0 Å². The second-order valence-electron chi connectivity index (χ2n) is 6.17. The van der Waals surface area contributed by atoms with E-state index in [-0.39, 0.29) is 18.3 Å². The van der Waals surface area contributed by atoms with Crippen LogP contribution in [-0.4, -0.2) is 22.0 Å². The third kappa shape index (κ3) is 5.33. The molecule has 0 unspecified atom stereocenters. The summed E-state index contributed by atoms with van der Waals surface area (Å²) in [6.07, 6.45) is 4.95. The summed E-state index contributed by atoms with van der Waals surface area (Å²) in [5.74, 6) is -1.34. The van der Waals surface area contributed by atoms with Gasteiger partial charge in [-0.15, -0.1) is 0 Å². The average Bonchev–Trinajstić information content (AvgIpc) is 2.77. The van der Waals surface area contributed by atoms with Crippen molar-refractivity contribution in [3.63, 3.8) is 0 Å². The van der Waals surface area contributed by atoms with Gasteiger partial charge in [0.25, 0.3) is 11.8 Å². The molecule has 2 amide bonds. The number of hydrogen-bond donors (Lipinski definition) is 3. The normalized spacial score (nSPS) is 11.0. The number of hydroxylamine groups is 1. The third-order valence-corrected chi connectivity index (χ3v) is 4.17. The summed E-state index contributed by atoms with van der Waals surface area (Å²) < 4.78 is 13.3. The van der Waals surface area contributed by atoms with E-state index >= 15 is 0 Å². The summed E-state index contributed by atoms with van der Waals surface area (Å²) in [6.45, 7) is 0.228. The van der Waals surface area contributed by atoms with Crippen molar-refractivity contribution < 1.29 is 19.2 Å². The summed E-state index contributed by atoms with van der Waals surface area (Å²) in [6, 6.07) is 15.7. The Bertz CT molecular complexity index is 1020. The van der Waals surface area contributed by atoms with E-state index < -0.39 is 5.91 Å². The second-order valence-corrected chi connectivity index (χ2v) is 6.17. The topological polar surface area (TPSA) is 91.3 Å². The van der Waals surface area contributed by atoms with Crippen LogP contribution < -0.4 is 10.8 Å². The van der Waals surface area contributed by atoms with E-state index in [0.29, 0.717) is 16.7 Å². The molecule has 0 aliphatic rings. The number of amides is 2. The van der Waals surface area contributed by atoms with Crippen LogP contribution in [0.15, 0.2) is 73.1 Å². The van der Waals surface area contributed by atoms with Gasteiger partial charge < -0.3 is 5.32 Å². The minimum absolute atomic E-state index is 0.228. The van der Waals surface area contributed by atoms with Gasteiger partial charge >= 0.3 is 0 Å². The van der Waals surface area contributed by atoms with E-state index in [2.05, 4.69) is 10.3 Å². The van der Waals surface area contributed by atoms with Crippen molar-refractivity contribution in [3.8, 4) is 0 Å². The molecule has 0 radical (unpaired) electrons. The van der Waals surface area contributed by atoms with Gasteiger partial charge in [0, 0.05) is 30.1 Å². The Balaban J connectivity index is 1.79. The molecule has 3 aromatic rings. The Hall–Kier alpha value is -3.84. The molecule has 0 aliphatic carbocycles. The van der Waals surface area contributed by atoms with Gasteiger partial charge in [0.1, 0.15) is 5.82 Å². The zero-order valence-corrected chi connectivity index (χ0v) is 15.3. The maximum atomic E-state index is 13.3. The predicted octanol–water partition coefficient (Wildman–Crippen LogP) is 3.20. The molecular weight excluding hydrogens is 373 g/mol. The maximum absolute atomic E-state index is 13.3. The highest BCUT2D eigenvalue weighted by atomic mass is 19.1. The van der Waals surface area contributed by atoms with E-state index in [1.54, 1.807) is 66.4 Å². The fraction of sp³-hybridized carbons (Fsp3) is 0.0455. The van der Waals surface area contributed by atoms with Gasteiger partial charge in [-0.1, -0.05) is 30.3 Å². The van der Waals surface area contributed by atoms with Crippen LogP contribution in [0.5, 0.6) is 0 Å². The van der Waals surface area contributed by atoms with Gasteiger partial charge in [0.2, 0.25) is 0 Å². The highest BCUT2D eigenvalue weighted by molar-refractivity contribution is 6.24. The lowest BCUT2D eigenvalue weighted by atomic mass is 10.0. The van der Waals surface area contributed by atoms with Gasteiger partial charge in [-0.05, 0) is 53.1 Å². The number of pyridine rings is 1. The molecule has 7 heteroatoms. The molecule has 1 heterocycles. The molecule has 0 spiro atoms. The first kappa shape index (κ1) is 19.9. The molecule has 3 N–H and O–H groups in total. The van der Waals surface area contributed by atoms with Gasteiger partial charge in [-0.3, -0.25) is 19.8 Å². The summed E-state index contributed by atoms with van der Waals surface area (Å²) in [4.78, 5) is 28.2. The van der Waals surface area contributed by atoms with Crippen LogP contribution >= 0.6 is 0 Å². The molecule has 0 fully saturated rings. The number of rotatable bonds is 6. The van der Waals surface area contributed by atoms with Crippen LogP contribution in [0.25, 0.3) is 11.6 Å². The van der Waals surface area contributed by atoms with E-state index in [0.717, 1.165) is 11.1 Å². The number of halogens is 1. The van der Waals surface area contributed by atoms with Crippen LogP contribution in [0, 0.1) is 5.82 Å². The molecular formula is C22H18FN3O3. The molecule has 0 atom stereocenters.